The molecule has 0 aromatic heterocycles. The van der Waals surface area contributed by atoms with Crippen LogP contribution in [0.15, 0.2) is 11.1 Å². The number of alkyl carbamates (subject to hydrolysis) is 1. The van der Waals surface area contributed by atoms with Crippen LogP contribution in [0.1, 0.15) is 145 Å². The van der Waals surface area contributed by atoms with Gasteiger partial charge in [0.05, 0.1) is 17.6 Å². The second-order valence-corrected chi connectivity index (χ2v) is 20.0. The molecule has 7 unspecified atom stereocenters. The Morgan fingerprint density at radius 3 is 2.28 bits per heavy atom. The highest BCUT2D eigenvalue weighted by Gasteiger charge is 2.55. The number of piperidine rings is 1. The lowest BCUT2D eigenvalue weighted by atomic mass is 9.59. The maximum absolute atomic E-state index is 13.6. The molecule has 0 bridgehead atoms. The van der Waals surface area contributed by atoms with Gasteiger partial charge in [0.15, 0.2) is 0 Å². The minimum atomic E-state index is -0.493. The molecule has 3 heterocycles. The number of likely N-dealkylation sites (tertiary alicyclic amines) is 1. The lowest BCUT2D eigenvalue weighted by molar-refractivity contribution is -0.153. The fourth-order valence-corrected chi connectivity index (χ4v) is 10.7. The molecule has 3 saturated carbocycles. The highest BCUT2D eigenvalue weighted by molar-refractivity contribution is 6.47. The van der Waals surface area contributed by atoms with Gasteiger partial charge in [-0.15, -0.1) is 0 Å². The number of nitrogens with zero attached hydrogens (tertiary/aromatic N) is 2. The summed E-state index contributed by atoms with van der Waals surface area (Å²) in [5.74, 6) is 2.56. The van der Waals surface area contributed by atoms with Crippen LogP contribution in [0.25, 0.3) is 0 Å². The second-order valence-electron chi connectivity index (χ2n) is 20.0. The van der Waals surface area contributed by atoms with E-state index in [-0.39, 0.29) is 54.7 Å². The van der Waals surface area contributed by atoms with E-state index in [1.807, 2.05) is 25.7 Å². The average Bonchev–Trinajstić information content (AvgIpc) is 3.34. The lowest BCUT2D eigenvalue weighted by Crippen LogP contribution is -2.48. The van der Waals surface area contributed by atoms with Gasteiger partial charge in [0.1, 0.15) is 11.7 Å². The number of fused-ring (bicyclic) bond motifs is 1. The highest BCUT2D eigenvalue weighted by atomic mass is 16.7. The molecule has 2 saturated heterocycles. The Hall–Kier alpha value is -2.11. The molecule has 10 nitrogen and oxygen atoms in total. The first-order valence-corrected chi connectivity index (χ1v) is 21.6. The Bertz CT molecular complexity index is 1370. The lowest BCUT2D eigenvalue weighted by Gasteiger charge is -2.44. The number of ether oxygens (including phenoxy) is 2. The predicted octanol–water partition coefficient (Wildman–Crippen LogP) is 7.94. The number of hydrogen-bond acceptors (Lipinski definition) is 8. The van der Waals surface area contributed by atoms with Crippen molar-refractivity contribution in [2.45, 2.75) is 180 Å². The molecule has 3 aliphatic heterocycles. The van der Waals surface area contributed by atoms with Crippen molar-refractivity contribution in [3.63, 3.8) is 0 Å². The molecule has 5 fully saturated rings. The Morgan fingerprint density at radius 1 is 0.907 bits per heavy atom. The molecule has 6 aliphatic rings. The number of esters is 1. The third kappa shape index (κ3) is 9.70. The van der Waals surface area contributed by atoms with E-state index in [0.717, 1.165) is 76.6 Å². The van der Waals surface area contributed by atoms with Crippen molar-refractivity contribution < 1.29 is 33.2 Å². The topological polar surface area (TPSA) is 107 Å². The van der Waals surface area contributed by atoms with Crippen LogP contribution < -0.4 is 5.32 Å². The van der Waals surface area contributed by atoms with Crippen LogP contribution in [0, 0.1) is 29.6 Å². The highest BCUT2D eigenvalue weighted by Crippen LogP contribution is 2.47. The SMILES string of the molecule is CC1=C(CC(=O)N2CCC(C3CCCC(CNC(=O)OC(C)(C)C)C3)CC2)C(=O)OC2CC(N(C)CC3CCCCC3B3OC(C)(C)C(C)(C)O3)CCC12. The molecule has 6 rings (SSSR count). The number of nitrogens with one attached hydrogen (secondary N) is 1. The quantitative estimate of drug-likeness (QED) is 0.187. The average molecular weight is 754 g/mol. The molecule has 0 spiro atoms. The fourth-order valence-electron chi connectivity index (χ4n) is 10.7. The molecule has 3 aliphatic carbocycles. The van der Waals surface area contributed by atoms with E-state index in [2.05, 4.69) is 51.9 Å². The maximum Gasteiger partial charge on any atom is 0.461 e. The first-order chi connectivity index (χ1) is 25.4. The molecular formula is C43H72BN3O7. The first kappa shape index (κ1) is 41.5. The molecule has 1 N–H and O–H groups in total. The monoisotopic (exact) mass is 754 g/mol. The number of rotatable bonds is 9. The summed E-state index contributed by atoms with van der Waals surface area (Å²) >= 11 is 0. The van der Waals surface area contributed by atoms with Gasteiger partial charge in [-0.1, -0.05) is 37.7 Å². The summed E-state index contributed by atoms with van der Waals surface area (Å²) in [4.78, 5) is 43.8. The van der Waals surface area contributed by atoms with Crippen molar-refractivity contribution in [3.8, 4) is 0 Å². The Kier molecular flexibility index (Phi) is 12.9. The van der Waals surface area contributed by atoms with Crippen LogP contribution in [0.4, 0.5) is 4.79 Å². The van der Waals surface area contributed by atoms with Crippen LogP contribution in [-0.4, -0.2) is 97.1 Å². The van der Waals surface area contributed by atoms with E-state index < -0.39 is 5.60 Å². The number of amides is 2. The molecule has 2 amide bonds. The van der Waals surface area contributed by atoms with Gasteiger partial charge in [0.2, 0.25) is 5.91 Å². The molecule has 304 valence electrons. The first-order valence-electron chi connectivity index (χ1n) is 21.6. The molecule has 0 aromatic carbocycles. The van der Waals surface area contributed by atoms with Gasteiger partial charge < -0.3 is 33.9 Å². The summed E-state index contributed by atoms with van der Waals surface area (Å²) in [5.41, 5.74) is 0.543. The van der Waals surface area contributed by atoms with Crippen molar-refractivity contribution in [1.82, 2.24) is 15.1 Å². The largest absolute Gasteiger partial charge is 0.461 e. The van der Waals surface area contributed by atoms with Crippen LogP contribution in [0.5, 0.6) is 0 Å². The number of carbonyl (C=O) groups is 3. The zero-order valence-corrected chi connectivity index (χ0v) is 35.2. The van der Waals surface area contributed by atoms with Crippen molar-refractivity contribution in [2.75, 3.05) is 33.2 Å². The summed E-state index contributed by atoms with van der Waals surface area (Å²) in [6.07, 6.45) is 14.0. The van der Waals surface area contributed by atoms with Gasteiger partial charge in [-0.3, -0.25) is 4.79 Å². The normalized spacial score (nSPS) is 33.4. The van der Waals surface area contributed by atoms with E-state index in [4.69, 9.17) is 18.8 Å². The van der Waals surface area contributed by atoms with E-state index in [1.54, 1.807) is 0 Å². The van der Waals surface area contributed by atoms with E-state index >= 15 is 0 Å². The van der Waals surface area contributed by atoms with E-state index in [0.29, 0.717) is 47.6 Å². The van der Waals surface area contributed by atoms with Crippen molar-refractivity contribution >= 4 is 25.1 Å². The Labute approximate surface area is 326 Å². The molecule has 0 radical (unpaired) electrons. The third-order valence-electron chi connectivity index (χ3n) is 14.7. The van der Waals surface area contributed by atoms with Gasteiger partial charge in [0.25, 0.3) is 0 Å². The zero-order valence-electron chi connectivity index (χ0n) is 35.2. The fraction of sp³-hybridized carbons (Fsp3) is 0.884. The minimum absolute atomic E-state index is 0.0544. The van der Waals surface area contributed by atoms with Crippen molar-refractivity contribution in [1.29, 1.82) is 0 Å². The molecule has 11 heteroatoms. The van der Waals surface area contributed by atoms with Crippen molar-refractivity contribution in [3.05, 3.63) is 11.1 Å². The van der Waals surface area contributed by atoms with Crippen LogP contribution in [-0.2, 0) is 28.4 Å². The third-order valence-corrected chi connectivity index (χ3v) is 14.7. The molecule has 0 aromatic rings. The maximum atomic E-state index is 13.6. The minimum Gasteiger partial charge on any atom is -0.458 e. The number of hydrogen-bond donors (Lipinski definition) is 1. The Morgan fingerprint density at radius 2 is 1.59 bits per heavy atom. The van der Waals surface area contributed by atoms with Gasteiger partial charge in [-0.05, 0) is 137 Å². The standard InChI is InChI=1S/C43H72BN3O7/c1-28-34-18-17-33(46(9)27-32-14-10-11-16-36(32)44-53-42(5,6)43(7,8)54-44)24-37(34)51-39(49)35(28)25-38(48)47-21-19-30(20-22-47)31-15-12-13-29(23-31)26-45-40(50)52-41(2,3)4/h29-34,36-37H,10-27H2,1-9H3,(H,45,50). The summed E-state index contributed by atoms with van der Waals surface area (Å²) in [5, 5.41) is 2.99. The second kappa shape index (κ2) is 16.8. The molecule has 7 atom stereocenters. The summed E-state index contributed by atoms with van der Waals surface area (Å²) < 4.78 is 24.7. The molecular weight excluding hydrogens is 681 g/mol. The van der Waals surface area contributed by atoms with Crippen LogP contribution in [0.3, 0.4) is 0 Å². The predicted molar refractivity (Wildman–Crippen MR) is 212 cm³/mol. The van der Waals surface area contributed by atoms with Gasteiger partial charge in [-0.2, -0.15) is 0 Å². The van der Waals surface area contributed by atoms with Gasteiger partial charge >= 0.3 is 19.2 Å². The van der Waals surface area contributed by atoms with Gasteiger partial charge in [-0.25, -0.2) is 9.59 Å². The number of carbonyl (C=O) groups excluding carboxylic acids is 3. The van der Waals surface area contributed by atoms with E-state index in [1.165, 1.54) is 32.1 Å². The van der Waals surface area contributed by atoms with Crippen molar-refractivity contribution in [2.24, 2.45) is 29.6 Å². The van der Waals surface area contributed by atoms with Crippen LogP contribution >= 0.6 is 0 Å². The van der Waals surface area contributed by atoms with Gasteiger partial charge in [0, 0.05) is 50.1 Å². The summed E-state index contributed by atoms with van der Waals surface area (Å²) in [7, 11) is 2.09. The van der Waals surface area contributed by atoms with Crippen LogP contribution in [0.2, 0.25) is 5.82 Å². The smallest absolute Gasteiger partial charge is 0.458 e. The summed E-state index contributed by atoms with van der Waals surface area (Å²) in [6, 6.07) is 0.359. The zero-order chi connectivity index (χ0) is 39.0. The van der Waals surface area contributed by atoms with E-state index in [9.17, 15) is 14.4 Å². The molecule has 54 heavy (non-hydrogen) atoms. The Balaban J connectivity index is 0.965. The summed E-state index contributed by atoms with van der Waals surface area (Å²) in [6.45, 7) is 19.5.